The molecule has 0 spiro atoms. The number of carbonyl (C=O) groups excluding carboxylic acids is 1. The Hall–Kier alpha value is -3.49. The van der Waals surface area contributed by atoms with E-state index in [-0.39, 0.29) is 17.7 Å². The number of nitrogens with zero attached hydrogens (tertiary/aromatic N) is 3. The predicted octanol–water partition coefficient (Wildman–Crippen LogP) is 5.24. The number of amides is 1. The van der Waals surface area contributed by atoms with E-state index in [1.54, 1.807) is 0 Å². The minimum atomic E-state index is -4.68. The van der Waals surface area contributed by atoms with Gasteiger partial charge < -0.3 is 10.2 Å². The number of carbonyl (C=O) groups is 1. The lowest BCUT2D eigenvalue weighted by molar-refractivity contribution is -0.137. The molecule has 1 aliphatic heterocycles. The van der Waals surface area contributed by atoms with Crippen LogP contribution >= 0.6 is 0 Å². The van der Waals surface area contributed by atoms with E-state index in [1.807, 2.05) is 30.3 Å². The third kappa shape index (κ3) is 4.72. The number of hydrogen-bond donors (Lipinski definition) is 1. The zero-order valence-electron chi connectivity index (χ0n) is 18.9. The van der Waals surface area contributed by atoms with Gasteiger partial charge in [-0.3, -0.25) is 4.79 Å². The molecular formula is C26H24F4N4O. The zero-order chi connectivity index (χ0) is 24.6. The SMILES string of the molecule is O=C(NCc1cc(F)cc(C(F)(F)F)c1)c1cnc(N2CCCC2)nc1C1(c2ccccc2)CC1. The Morgan fingerprint density at radius 2 is 1.77 bits per heavy atom. The Morgan fingerprint density at radius 1 is 1.06 bits per heavy atom. The van der Waals surface area contributed by atoms with Crippen LogP contribution in [0.15, 0.2) is 54.7 Å². The highest BCUT2D eigenvalue weighted by atomic mass is 19.4. The van der Waals surface area contributed by atoms with Gasteiger partial charge in [-0.2, -0.15) is 13.2 Å². The highest BCUT2D eigenvalue weighted by molar-refractivity contribution is 5.95. The molecule has 0 bridgehead atoms. The van der Waals surface area contributed by atoms with Crippen molar-refractivity contribution in [3.8, 4) is 0 Å². The monoisotopic (exact) mass is 484 g/mol. The van der Waals surface area contributed by atoms with E-state index in [1.165, 1.54) is 6.20 Å². The van der Waals surface area contributed by atoms with E-state index in [2.05, 4.69) is 15.2 Å². The van der Waals surface area contributed by atoms with Crippen LogP contribution in [0.3, 0.4) is 0 Å². The standard InChI is InChI=1S/C26H24F4N4O/c27-20-13-17(12-19(14-20)26(28,29)30)15-31-23(35)21-16-32-24(34-10-4-5-11-34)33-22(21)25(8-9-25)18-6-2-1-3-7-18/h1-3,6-7,12-14,16H,4-5,8-11,15H2,(H,31,35). The van der Waals surface area contributed by atoms with E-state index < -0.39 is 28.9 Å². The van der Waals surface area contributed by atoms with Gasteiger partial charge in [-0.25, -0.2) is 14.4 Å². The van der Waals surface area contributed by atoms with Gasteiger partial charge in [0.25, 0.3) is 5.91 Å². The van der Waals surface area contributed by atoms with Crippen molar-refractivity contribution in [2.75, 3.05) is 18.0 Å². The fourth-order valence-electron chi connectivity index (χ4n) is 4.71. The molecule has 2 aliphatic rings. The summed E-state index contributed by atoms with van der Waals surface area (Å²) in [7, 11) is 0. The van der Waals surface area contributed by atoms with Crippen LogP contribution in [-0.4, -0.2) is 29.0 Å². The summed E-state index contributed by atoms with van der Waals surface area (Å²) in [6, 6.07) is 12.1. The summed E-state index contributed by atoms with van der Waals surface area (Å²) in [5.74, 6) is -0.937. The quantitative estimate of drug-likeness (QED) is 0.486. The molecule has 9 heteroatoms. The summed E-state index contributed by atoms with van der Waals surface area (Å²) in [4.78, 5) is 24.6. The van der Waals surface area contributed by atoms with E-state index in [0.29, 0.717) is 17.7 Å². The first kappa shape index (κ1) is 23.3. The highest BCUT2D eigenvalue weighted by Gasteiger charge is 2.49. The van der Waals surface area contributed by atoms with Crippen molar-refractivity contribution in [3.63, 3.8) is 0 Å². The third-order valence-corrected chi connectivity index (χ3v) is 6.68. The molecule has 0 unspecified atom stereocenters. The molecule has 5 nitrogen and oxygen atoms in total. The molecule has 2 heterocycles. The van der Waals surface area contributed by atoms with E-state index in [4.69, 9.17) is 4.98 Å². The number of nitrogens with one attached hydrogen (secondary N) is 1. The first-order chi connectivity index (χ1) is 16.8. The first-order valence-electron chi connectivity index (χ1n) is 11.6. The Kier molecular flexibility index (Phi) is 5.94. The number of rotatable bonds is 6. The third-order valence-electron chi connectivity index (χ3n) is 6.68. The molecule has 182 valence electrons. The van der Waals surface area contributed by atoms with Gasteiger partial charge in [0.05, 0.1) is 16.8 Å². The summed E-state index contributed by atoms with van der Waals surface area (Å²) in [5, 5.41) is 2.64. The van der Waals surface area contributed by atoms with Crippen molar-refractivity contribution in [3.05, 3.63) is 88.5 Å². The van der Waals surface area contributed by atoms with Crippen molar-refractivity contribution in [2.45, 2.75) is 43.8 Å². The lowest BCUT2D eigenvalue weighted by atomic mass is 9.89. The first-order valence-corrected chi connectivity index (χ1v) is 11.6. The van der Waals surface area contributed by atoms with Crippen LogP contribution in [-0.2, 0) is 18.1 Å². The second-order valence-corrected chi connectivity index (χ2v) is 9.10. The van der Waals surface area contributed by atoms with Gasteiger partial charge in [0.15, 0.2) is 0 Å². The van der Waals surface area contributed by atoms with E-state index >= 15 is 0 Å². The molecule has 1 aromatic heterocycles. The molecule has 5 rings (SSSR count). The molecule has 2 aromatic carbocycles. The van der Waals surface area contributed by atoms with Crippen LogP contribution in [0.25, 0.3) is 0 Å². The number of anilines is 1. The van der Waals surface area contributed by atoms with Gasteiger partial charge in [0.1, 0.15) is 5.82 Å². The van der Waals surface area contributed by atoms with Crippen molar-refractivity contribution in [1.29, 1.82) is 0 Å². The molecule has 0 atom stereocenters. The van der Waals surface area contributed by atoms with Gasteiger partial charge in [-0.15, -0.1) is 0 Å². The molecule has 2 fully saturated rings. The van der Waals surface area contributed by atoms with Crippen molar-refractivity contribution in [1.82, 2.24) is 15.3 Å². The minimum absolute atomic E-state index is 0.0195. The normalized spacial score (nSPS) is 16.9. The molecule has 35 heavy (non-hydrogen) atoms. The fourth-order valence-corrected chi connectivity index (χ4v) is 4.71. The summed E-state index contributed by atoms with van der Waals surface area (Å²) < 4.78 is 52.9. The topological polar surface area (TPSA) is 58.1 Å². The highest BCUT2D eigenvalue weighted by Crippen LogP contribution is 2.53. The lowest BCUT2D eigenvalue weighted by Gasteiger charge is -2.22. The van der Waals surface area contributed by atoms with Gasteiger partial charge >= 0.3 is 6.18 Å². The minimum Gasteiger partial charge on any atom is -0.348 e. The molecule has 1 aliphatic carbocycles. The smallest absolute Gasteiger partial charge is 0.348 e. The van der Waals surface area contributed by atoms with Crippen LogP contribution in [0, 0.1) is 5.82 Å². The van der Waals surface area contributed by atoms with E-state index in [9.17, 15) is 22.4 Å². The Bertz CT molecular complexity index is 1240. The van der Waals surface area contributed by atoms with Crippen molar-refractivity contribution >= 4 is 11.9 Å². The molecular weight excluding hydrogens is 460 g/mol. The molecule has 0 radical (unpaired) electrons. The Balaban J connectivity index is 1.45. The maximum absolute atomic E-state index is 13.8. The van der Waals surface area contributed by atoms with Crippen LogP contribution in [0.2, 0.25) is 0 Å². The largest absolute Gasteiger partial charge is 0.416 e. The predicted molar refractivity (Wildman–Crippen MR) is 123 cm³/mol. The van der Waals surface area contributed by atoms with Gasteiger partial charge in [-0.05, 0) is 55.0 Å². The second kappa shape index (κ2) is 8.94. The summed E-state index contributed by atoms with van der Waals surface area (Å²) in [5.41, 5.74) is 0.469. The zero-order valence-corrected chi connectivity index (χ0v) is 18.9. The van der Waals surface area contributed by atoms with Crippen LogP contribution < -0.4 is 10.2 Å². The van der Waals surface area contributed by atoms with Gasteiger partial charge in [0.2, 0.25) is 5.95 Å². The van der Waals surface area contributed by atoms with E-state index in [0.717, 1.165) is 56.5 Å². The average molecular weight is 484 g/mol. The summed E-state index contributed by atoms with van der Waals surface area (Å²) in [6.45, 7) is 1.44. The molecule has 1 saturated heterocycles. The van der Waals surface area contributed by atoms with Crippen LogP contribution in [0.4, 0.5) is 23.5 Å². The number of aromatic nitrogens is 2. The van der Waals surface area contributed by atoms with Crippen molar-refractivity contribution in [2.24, 2.45) is 0 Å². The van der Waals surface area contributed by atoms with Gasteiger partial charge in [-0.1, -0.05) is 30.3 Å². The number of hydrogen-bond acceptors (Lipinski definition) is 4. The average Bonchev–Trinajstić information content (AvgIpc) is 3.47. The summed E-state index contributed by atoms with van der Waals surface area (Å²) in [6.07, 6.45) is 0.581. The molecule has 1 saturated carbocycles. The number of halogens is 4. The summed E-state index contributed by atoms with van der Waals surface area (Å²) >= 11 is 0. The van der Waals surface area contributed by atoms with Gasteiger partial charge in [0, 0.05) is 31.2 Å². The number of benzene rings is 2. The Labute approximate surface area is 200 Å². The Morgan fingerprint density at radius 3 is 2.43 bits per heavy atom. The maximum Gasteiger partial charge on any atom is 0.416 e. The van der Waals surface area contributed by atoms with Crippen molar-refractivity contribution < 1.29 is 22.4 Å². The molecule has 1 N–H and O–H groups in total. The molecule has 1 amide bonds. The second-order valence-electron chi connectivity index (χ2n) is 9.10. The van der Waals surface area contributed by atoms with Crippen LogP contribution in [0.1, 0.15) is 58.4 Å². The fraction of sp³-hybridized carbons (Fsp3) is 0.346. The maximum atomic E-state index is 13.8. The number of alkyl halides is 3. The lowest BCUT2D eigenvalue weighted by Crippen LogP contribution is -2.29. The molecule has 3 aromatic rings. The van der Waals surface area contributed by atoms with Crippen LogP contribution in [0.5, 0.6) is 0 Å².